The lowest BCUT2D eigenvalue weighted by atomic mass is 9.88. The fraction of sp³-hybridized carbons (Fsp3) is 0.600. The van der Waals surface area contributed by atoms with Crippen molar-refractivity contribution in [1.29, 1.82) is 0 Å². The fourth-order valence-corrected chi connectivity index (χ4v) is 4.87. The number of methoxy groups -OCH3 is 1. The van der Waals surface area contributed by atoms with Gasteiger partial charge in [0.2, 0.25) is 5.91 Å². The maximum atomic E-state index is 12.7. The van der Waals surface area contributed by atoms with E-state index >= 15 is 0 Å². The molecular formula is C20H26N2O3S. The van der Waals surface area contributed by atoms with Crippen LogP contribution in [0.5, 0.6) is 10.9 Å². The van der Waals surface area contributed by atoms with Crippen LogP contribution in [0.4, 0.5) is 0 Å². The van der Waals surface area contributed by atoms with E-state index in [1.165, 1.54) is 19.3 Å². The summed E-state index contributed by atoms with van der Waals surface area (Å²) in [6, 6.07) is 5.90. The highest BCUT2D eigenvalue weighted by Crippen LogP contribution is 2.32. The number of aromatic nitrogens is 1. The summed E-state index contributed by atoms with van der Waals surface area (Å²) >= 11 is 1.57. The lowest BCUT2D eigenvalue weighted by Crippen LogP contribution is -2.44. The molecule has 26 heavy (non-hydrogen) atoms. The third-order valence-electron chi connectivity index (χ3n) is 5.55. The minimum Gasteiger partial charge on any atom is -0.497 e. The van der Waals surface area contributed by atoms with Crippen molar-refractivity contribution in [3.05, 3.63) is 18.2 Å². The van der Waals surface area contributed by atoms with Gasteiger partial charge in [-0.25, -0.2) is 4.98 Å². The Morgan fingerprint density at radius 3 is 2.65 bits per heavy atom. The molecule has 0 atom stereocenters. The molecule has 6 heteroatoms. The van der Waals surface area contributed by atoms with Crippen LogP contribution in [0.25, 0.3) is 10.2 Å². The summed E-state index contributed by atoms with van der Waals surface area (Å²) in [5, 5.41) is 0.713. The standard InChI is InChI=1S/C20H26N2O3S/c1-24-16-7-8-18-17(13-16)21-20(26-18)25-15-9-11-22(12-10-15)19(23)14-5-3-2-4-6-14/h7-8,13-15H,2-6,9-12H2,1H3. The Kier molecular flexibility index (Phi) is 5.29. The van der Waals surface area contributed by atoms with Gasteiger partial charge in [-0.3, -0.25) is 4.79 Å². The molecule has 1 saturated heterocycles. The Bertz CT molecular complexity index is 762. The lowest BCUT2D eigenvalue weighted by Gasteiger charge is -2.34. The number of likely N-dealkylation sites (tertiary alicyclic amines) is 1. The van der Waals surface area contributed by atoms with Crippen molar-refractivity contribution in [3.63, 3.8) is 0 Å². The van der Waals surface area contributed by atoms with Gasteiger partial charge in [-0.15, -0.1) is 0 Å². The summed E-state index contributed by atoms with van der Waals surface area (Å²) in [4.78, 5) is 19.3. The Morgan fingerprint density at radius 1 is 1.15 bits per heavy atom. The normalized spacial score (nSPS) is 19.7. The van der Waals surface area contributed by atoms with E-state index in [0.717, 1.165) is 54.7 Å². The van der Waals surface area contributed by atoms with Crippen LogP contribution in [0.15, 0.2) is 18.2 Å². The lowest BCUT2D eigenvalue weighted by molar-refractivity contribution is -0.138. The Labute approximate surface area is 158 Å². The van der Waals surface area contributed by atoms with E-state index in [4.69, 9.17) is 9.47 Å². The fourth-order valence-electron chi connectivity index (χ4n) is 4.01. The van der Waals surface area contributed by atoms with Crippen LogP contribution in [0.2, 0.25) is 0 Å². The van der Waals surface area contributed by atoms with E-state index in [9.17, 15) is 4.79 Å². The van der Waals surface area contributed by atoms with E-state index in [0.29, 0.717) is 11.1 Å². The van der Waals surface area contributed by atoms with Gasteiger partial charge in [0.15, 0.2) is 0 Å². The first kappa shape index (κ1) is 17.6. The minimum atomic E-state index is 0.146. The maximum absolute atomic E-state index is 12.7. The van der Waals surface area contributed by atoms with Crippen LogP contribution >= 0.6 is 11.3 Å². The highest BCUT2D eigenvalue weighted by molar-refractivity contribution is 7.20. The van der Waals surface area contributed by atoms with Crippen LogP contribution in [0.3, 0.4) is 0 Å². The molecule has 1 saturated carbocycles. The number of thiazole rings is 1. The Balaban J connectivity index is 1.33. The maximum Gasteiger partial charge on any atom is 0.274 e. The average molecular weight is 375 g/mol. The predicted octanol–water partition coefficient (Wildman–Crippen LogP) is 4.26. The quantitative estimate of drug-likeness (QED) is 0.803. The highest BCUT2D eigenvalue weighted by Gasteiger charge is 2.30. The summed E-state index contributed by atoms with van der Waals surface area (Å²) in [6.45, 7) is 1.61. The largest absolute Gasteiger partial charge is 0.497 e. The summed E-state index contributed by atoms with van der Waals surface area (Å²) in [5.41, 5.74) is 0.911. The number of amides is 1. The van der Waals surface area contributed by atoms with Crippen molar-refractivity contribution < 1.29 is 14.3 Å². The predicted molar refractivity (Wildman–Crippen MR) is 103 cm³/mol. The van der Waals surface area contributed by atoms with E-state index in [-0.39, 0.29) is 12.0 Å². The molecule has 1 aromatic heterocycles. The van der Waals surface area contributed by atoms with Crippen LogP contribution in [0, 0.1) is 5.92 Å². The first-order valence-corrected chi connectivity index (χ1v) is 10.4. The van der Waals surface area contributed by atoms with Crippen molar-refractivity contribution in [3.8, 4) is 10.9 Å². The molecule has 2 fully saturated rings. The highest BCUT2D eigenvalue weighted by atomic mass is 32.1. The smallest absolute Gasteiger partial charge is 0.274 e. The topological polar surface area (TPSA) is 51.7 Å². The summed E-state index contributed by atoms with van der Waals surface area (Å²) in [6.07, 6.45) is 7.77. The van der Waals surface area contributed by atoms with Gasteiger partial charge in [-0.1, -0.05) is 30.6 Å². The zero-order valence-corrected chi connectivity index (χ0v) is 16.1. The molecule has 0 N–H and O–H groups in total. The van der Waals surface area contributed by atoms with Crippen molar-refractivity contribution >= 4 is 27.5 Å². The average Bonchev–Trinajstić information content (AvgIpc) is 3.10. The number of rotatable bonds is 4. The number of ether oxygens (including phenoxy) is 2. The van der Waals surface area contributed by atoms with Crippen LogP contribution in [0.1, 0.15) is 44.9 Å². The molecule has 0 unspecified atom stereocenters. The van der Waals surface area contributed by atoms with Gasteiger partial charge >= 0.3 is 0 Å². The number of hydrogen-bond acceptors (Lipinski definition) is 5. The second-order valence-electron chi connectivity index (χ2n) is 7.29. The van der Waals surface area contributed by atoms with Gasteiger partial charge in [0.05, 0.1) is 17.3 Å². The number of carbonyl (C=O) groups excluding carboxylic acids is 1. The van der Waals surface area contributed by atoms with Crippen molar-refractivity contribution in [1.82, 2.24) is 9.88 Å². The minimum absolute atomic E-state index is 0.146. The van der Waals surface area contributed by atoms with Gasteiger partial charge in [-0.05, 0) is 25.0 Å². The first-order chi connectivity index (χ1) is 12.7. The zero-order valence-electron chi connectivity index (χ0n) is 15.3. The molecule has 0 radical (unpaired) electrons. The summed E-state index contributed by atoms with van der Waals surface area (Å²) in [5.74, 6) is 1.44. The first-order valence-electron chi connectivity index (χ1n) is 9.63. The van der Waals surface area contributed by atoms with Crippen molar-refractivity contribution in [2.24, 2.45) is 5.92 Å². The molecule has 140 valence electrons. The van der Waals surface area contributed by atoms with E-state index in [2.05, 4.69) is 9.88 Å². The molecule has 2 heterocycles. The molecular weight excluding hydrogens is 348 g/mol. The third kappa shape index (κ3) is 3.80. The molecule has 1 aromatic carbocycles. The number of piperidine rings is 1. The van der Waals surface area contributed by atoms with Gasteiger partial charge in [0.25, 0.3) is 5.19 Å². The van der Waals surface area contributed by atoms with E-state index in [1.54, 1.807) is 18.4 Å². The SMILES string of the molecule is COc1ccc2sc(OC3CCN(C(=O)C4CCCCC4)CC3)nc2c1. The molecule has 1 aliphatic heterocycles. The number of hydrogen-bond donors (Lipinski definition) is 0. The second-order valence-corrected chi connectivity index (χ2v) is 8.28. The summed E-state index contributed by atoms with van der Waals surface area (Å²) < 4.78 is 12.5. The number of carbonyl (C=O) groups is 1. The molecule has 1 amide bonds. The van der Waals surface area contributed by atoms with Gasteiger partial charge < -0.3 is 14.4 Å². The molecule has 4 rings (SSSR count). The molecule has 2 aliphatic rings. The Morgan fingerprint density at radius 2 is 1.92 bits per heavy atom. The number of nitrogens with zero attached hydrogens (tertiary/aromatic N) is 2. The van der Waals surface area contributed by atoms with Crippen LogP contribution in [-0.2, 0) is 4.79 Å². The zero-order chi connectivity index (χ0) is 17.9. The number of fused-ring (bicyclic) bond motifs is 1. The molecule has 0 spiro atoms. The van der Waals surface area contributed by atoms with E-state index in [1.807, 2.05) is 18.2 Å². The van der Waals surface area contributed by atoms with Crippen molar-refractivity contribution in [2.45, 2.75) is 51.0 Å². The van der Waals surface area contributed by atoms with Gasteiger partial charge in [0, 0.05) is 37.9 Å². The third-order valence-corrected chi connectivity index (χ3v) is 6.48. The molecule has 0 bridgehead atoms. The van der Waals surface area contributed by atoms with Crippen LogP contribution in [-0.4, -0.2) is 42.1 Å². The van der Waals surface area contributed by atoms with Gasteiger partial charge in [-0.2, -0.15) is 0 Å². The Hall–Kier alpha value is -1.82. The van der Waals surface area contributed by atoms with Crippen molar-refractivity contribution in [2.75, 3.05) is 20.2 Å². The second kappa shape index (κ2) is 7.82. The van der Waals surface area contributed by atoms with Gasteiger partial charge in [0.1, 0.15) is 11.9 Å². The number of benzene rings is 1. The summed E-state index contributed by atoms with van der Waals surface area (Å²) in [7, 11) is 1.66. The van der Waals surface area contributed by atoms with Crippen LogP contribution < -0.4 is 9.47 Å². The molecule has 5 nitrogen and oxygen atoms in total. The molecule has 2 aromatic rings. The monoisotopic (exact) mass is 374 g/mol. The molecule has 1 aliphatic carbocycles. The van der Waals surface area contributed by atoms with E-state index < -0.39 is 0 Å².